The Hall–Kier alpha value is -0.840. The maximum atomic E-state index is 6.22. The minimum Gasteiger partial charge on any atom is -0.389 e. The highest BCUT2D eigenvalue weighted by Crippen LogP contribution is 2.27. The molecule has 0 amide bonds. The van der Waals surface area contributed by atoms with Crippen molar-refractivity contribution in [2.75, 3.05) is 18.9 Å². The maximum absolute atomic E-state index is 6.22. The molecule has 0 aliphatic heterocycles. The van der Waals surface area contributed by atoms with Crippen molar-refractivity contribution in [1.29, 1.82) is 0 Å². The van der Waals surface area contributed by atoms with Crippen LogP contribution < -0.4 is 11.1 Å². The lowest BCUT2D eigenvalue weighted by Gasteiger charge is -2.25. The number of rotatable bonds is 6. The lowest BCUT2D eigenvalue weighted by atomic mass is 10.2. The summed E-state index contributed by atoms with van der Waals surface area (Å²) >= 11 is 11.2. The predicted octanol–water partition coefficient (Wildman–Crippen LogP) is 2.87. The number of hydrogen-bond acceptors (Lipinski definition) is 3. The third-order valence-corrected chi connectivity index (χ3v) is 4.21. The summed E-state index contributed by atoms with van der Waals surface area (Å²) < 4.78 is 0. The molecule has 1 fully saturated rings. The molecule has 19 heavy (non-hydrogen) atoms. The molecule has 0 bridgehead atoms. The van der Waals surface area contributed by atoms with Gasteiger partial charge < -0.3 is 11.1 Å². The summed E-state index contributed by atoms with van der Waals surface area (Å²) in [5.41, 5.74) is 7.31. The van der Waals surface area contributed by atoms with Crippen LogP contribution in [0.3, 0.4) is 0 Å². The summed E-state index contributed by atoms with van der Waals surface area (Å²) in [6.07, 6.45) is 2.65. The van der Waals surface area contributed by atoms with Gasteiger partial charge in [0.15, 0.2) is 0 Å². The van der Waals surface area contributed by atoms with Crippen molar-refractivity contribution in [2.24, 2.45) is 5.73 Å². The number of likely N-dealkylation sites (N-methyl/N-ethyl adjacent to an activating group) is 1. The Morgan fingerprint density at radius 3 is 2.79 bits per heavy atom. The van der Waals surface area contributed by atoms with Crippen LogP contribution >= 0.6 is 23.8 Å². The van der Waals surface area contributed by atoms with Crippen molar-refractivity contribution in [3.05, 3.63) is 28.8 Å². The van der Waals surface area contributed by atoms with Crippen LogP contribution in [0.15, 0.2) is 18.2 Å². The zero-order valence-electron chi connectivity index (χ0n) is 11.3. The Morgan fingerprint density at radius 2 is 2.26 bits per heavy atom. The molecule has 1 aromatic rings. The maximum Gasteiger partial charge on any atom is 0.104 e. The Bertz CT molecular complexity index is 474. The number of nitrogens with one attached hydrogen (secondary N) is 1. The molecule has 0 saturated heterocycles. The molecule has 0 radical (unpaired) electrons. The van der Waals surface area contributed by atoms with Gasteiger partial charge in [-0.05, 0) is 45.0 Å². The van der Waals surface area contributed by atoms with Crippen LogP contribution in [0.5, 0.6) is 0 Å². The van der Waals surface area contributed by atoms with Crippen LogP contribution in [-0.4, -0.2) is 35.6 Å². The molecule has 1 saturated carbocycles. The quantitative estimate of drug-likeness (QED) is 0.792. The molecular formula is C14H20ClN3S. The standard InChI is InChI=1S/C14H20ClN3S/c1-9(18(2)11-4-5-11)8-17-13-6-3-10(14(16)19)7-12(13)15/h3,6-7,9,11,17H,4-5,8H2,1-2H3,(H2,16,19). The van der Waals surface area contributed by atoms with E-state index in [1.54, 1.807) is 0 Å². The Labute approximate surface area is 125 Å². The van der Waals surface area contributed by atoms with Crippen LogP contribution in [0.2, 0.25) is 5.02 Å². The Morgan fingerprint density at radius 1 is 1.58 bits per heavy atom. The van der Waals surface area contributed by atoms with Gasteiger partial charge >= 0.3 is 0 Å². The average molecular weight is 298 g/mol. The number of nitrogens with zero attached hydrogens (tertiary/aromatic N) is 1. The van der Waals surface area contributed by atoms with Crippen molar-refractivity contribution in [1.82, 2.24) is 4.90 Å². The van der Waals surface area contributed by atoms with Gasteiger partial charge in [0.25, 0.3) is 0 Å². The zero-order chi connectivity index (χ0) is 14.0. The van der Waals surface area contributed by atoms with E-state index >= 15 is 0 Å². The number of thiocarbonyl (C=S) groups is 1. The molecule has 0 aromatic heterocycles. The second kappa shape index (κ2) is 6.07. The van der Waals surface area contributed by atoms with Gasteiger partial charge in [-0.1, -0.05) is 23.8 Å². The molecule has 3 nitrogen and oxygen atoms in total. The molecular weight excluding hydrogens is 278 g/mol. The van der Waals surface area contributed by atoms with Crippen molar-refractivity contribution >= 4 is 34.5 Å². The van der Waals surface area contributed by atoms with Gasteiger partial charge in [-0.15, -0.1) is 0 Å². The van der Waals surface area contributed by atoms with Crippen molar-refractivity contribution in [3.63, 3.8) is 0 Å². The lowest BCUT2D eigenvalue weighted by molar-refractivity contribution is 0.257. The third kappa shape index (κ3) is 3.81. The molecule has 1 atom stereocenters. The van der Waals surface area contributed by atoms with E-state index in [1.807, 2.05) is 18.2 Å². The van der Waals surface area contributed by atoms with Crippen molar-refractivity contribution < 1.29 is 0 Å². The topological polar surface area (TPSA) is 41.3 Å². The molecule has 0 spiro atoms. The van der Waals surface area contributed by atoms with Gasteiger partial charge in [0.05, 0.1) is 10.7 Å². The van der Waals surface area contributed by atoms with Gasteiger partial charge in [0, 0.05) is 24.2 Å². The summed E-state index contributed by atoms with van der Waals surface area (Å²) in [5.74, 6) is 0. The Balaban J connectivity index is 1.93. The van der Waals surface area contributed by atoms with E-state index in [0.29, 0.717) is 16.1 Å². The summed E-state index contributed by atoms with van der Waals surface area (Å²) in [5, 5.41) is 4.04. The molecule has 3 N–H and O–H groups in total. The van der Waals surface area contributed by atoms with E-state index in [2.05, 4.69) is 24.2 Å². The minimum absolute atomic E-state index is 0.371. The molecule has 1 aromatic carbocycles. The van der Waals surface area contributed by atoms with Crippen LogP contribution in [0, 0.1) is 0 Å². The van der Waals surface area contributed by atoms with E-state index in [-0.39, 0.29) is 0 Å². The smallest absolute Gasteiger partial charge is 0.104 e. The molecule has 1 aliphatic carbocycles. The molecule has 5 heteroatoms. The van der Waals surface area contributed by atoms with Crippen LogP contribution in [-0.2, 0) is 0 Å². The van der Waals surface area contributed by atoms with E-state index < -0.39 is 0 Å². The summed E-state index contributed by atoms with van der Waals surface area (Å²) in [6, 6.07) is 6.89. The first kappa shape index (κ1) is 14.6. The summed E-state index contributed by atoms with van der Waals surface area (Å²) in [6.45, 7) is 3.10. The largest absolute Gasteiger partial charge is 0.389 e. The SMILES string of the molecule is CC(CNc1ccc(C(N)=S)cc1Cl)N(C)C1CC1. The van der Waals surface area contributed by atoms with Crippen LogP contribution in [0.1, 0.15) is 25.3 Å². The first-order valence-corrected chi connectivity index (χ1v) is 7.33. The van der Waals surface area contributed by atoms with Crippen molar-refractivity contribution in [2.45, 2.75) is 31.8 Å². The van der Waals surface area contributed by atoms with E-state index in [1.165, 1.54) is 12.8 Å². The van der Waals surface area contributed by atoms with Gasteiger partial charge in [0.2, 0.25) is 0 Å². The van der Waals surface area contributed by atoms with Gasteiger partial charge in [0.1, 0.15) is 4.99 Å². The normalized spacial score (nSPS) is 16.4. The first-order valence-electron chi connectivity index (χ1n) is 6.54. The van der Waals surface area contributed by atoms with E-state index in [9.17, 15) is 0 Å². The summed E-state index contributed by atoms with van der Waals surface area (Å²) in [4.78, 5) is 2.79. The molecule has 104 valence electrons. The number of benzene rings is 1. The lowest BCUT2D eigenvalue weighted by Crippen LogP contribution is -2.36. The molecule has 0 heterocycles. The van der Waals surface area contributed by atoms with Crippen LogP contribution in [0.25, 0.3) is 0 Å². The van der Waals surface area contributed by atoms with Crippen LogP contribution in [0.4, 0.5) is 5.69 Å². The number of halogens is 1. The monoisotopic (exact) mass is 297 g/mol. The fourth-order valence-corrected chi connectivity index (χ4v) is 2.43. The highest BCUT2D eigenvalue weighted by Gasteiger charge is 2.28. The van der Waals surface area contributed by atoms with E-state index in [4.69, 9.17) is 29.6 Å². The minimum atomic E-state index is 0.371. The highest BCUT2D eigenvalue weighted by atomic mass is 35.5. The zero-order valence-corrected chi connectivity index (χ0v) is 12.9. The van der Waals surface area contributed by atoms with Gasteiger partial charge in [-0.2, -0.15) is 0 Å². The first-order chi connectivity index (χ1) is 8.99. The van der Waals surface area contributed by atoms with Gasteiger partial charge in [-0.25, -0.2) is 0 Å². The number of hydrogen-bond donors (Lipinski definition) is 2. The number of nitrogens with two attached hydrogens (primary N) is 1. The van der Waals surface area contributed by atoms with E-state index in [0.717, 1.165) is 23.8 Å². The number of anilines is 1. The van der Waals surface area contributed by atoms with Gasteiger partial charge in [-0.3, -0.25) is 4.90 Å². The Kier molecular flexibility index (Phi) is 4.66. The predicted molar refractivity (Wildman–Crippen MR) is 86.1 cm³/mol. The molecule has 2 rings (SSSR count). The molecule has 1 aliphatic rings. The second-order valence-corrected chi connectivity index (χ2v) is 6.03. The average Bonchev–Trinajstić information content (AvgIpc) is 3.20. The summed E-state index contributed by atoms with van der Waals surface area (Å²) in [7, 11) is 2.18. The molecule has 1 unspecified atom stereocenters. The third-order valence-electron chi connectivity index (χ3n) is 3.66. The second-order valence-electron chi connectivity index (χ2n) is 5.19. The van der Waals surface area contributed by atoms with Crippen molar-refractivity contribution in [3.8, 4) is 0 Å². The fourth-order valence-electron chi connectivity index (χ4n) is 2.06. The fraction of sp³-hybridized carbons (Fsp3) is 0.500. The highest BCUT2D eigenvalue weighted by molar-refractivity contribution is 7.80.